The molecule has 3 atom stereocenters. The Morgan fingerprint density at radius 3 is 2.56 bits per heavy atom. The maximum absolute atomic E-state index is 14.0. The number of benzene rings is 2. The van der Waals surface area contributed by atoms with E-state index in [1.807, 2.05) is 24.3 Å². The zero-order valence-electron chi connectivity index (χ0n) is 18.1. The van der Waals surface area contributed by atoms with E-state index in [1.54, 1.807) is 36.4 Å². The molecule has 0 radical (unpaired) electrons. The Kier molecular flexibility index (Phi) is 4.98. The van der Waals surface area contributed by atoms with Crippen molar-refractivity contribution in [3.05, 3.63) is 78.0 Å². The number of aromatic nitrogens is 1. The minimum Gasteiger partial charge on any atom is -0.468 e. The van der Waals surface area contributed by atoms with E-state index >= 15 is 0 Å². The number of fused-ring (bicyclic) bond motifs is 3. The number of hydrogen-bond donors (Lipinski definition) is 1. The Balaban J connectivity index is 1.86. The summed E-state index contributed by atoms with van der Waals surface area (Å²) in [6.45, 7) is 2.82. The van der Waals surface area contributed by atoms with Crippen LogP contribution in [0.1, 0.15) is 25.5 Å². The number of carbonyl (C=O) groups is 1. The predicted octanol–water partition coefficient (Wildman–Crippen LogP) is 3.62. The van der Waals surface area contributed by atoms with Gasteiger partial charge in [0.2, 0.25) is 0 Å². The first-order valence-electron chi connectivity index (χ1n) is 10.9. The highest BCUT2D eigenvalue weighted by Crippen LogP contribution is 2.48. The Morgan fingerprint density at radius 2 is 1.88 bits per heavy atom. The number of hydrogen-bond acceptors (Lipinski definition) is 5. The van der Waals surface area contributed by atoms with Crippen molar-refractivity contribution in [3.8, 4) is 0 Å². The van der Waals surface area contributed by atoms with E-state index in [9.17, 15) is 13.2 Å². The van der Waals surface area contributed by atoms with Gasteiger partial charge in [0, 0.05) is 18.0 Å². The normalized spacial score (nSPS) is 25.0. The minimum absolute atomic E-state index is 0.125. The van der Waals surface area contributed by atoms with Crippen LogP contribution in [0.5, 0.6) is 0 Å². The average molecular weight is 451 g/mol. The number of piperidine rings is 1. The van der Waals surface area contributed by atoms with E-state index in [1.165, 1.54) is 11.1 Å². The Bertz CT molecular complexity index is 1330. The third-order valence-corrected chi connectivity index (χ3v) is 8.59. The predicted molar refractivity (Wildman–Crippen MR) is 123 cm³/mol. The van der Waals surface area contributed by atoms with Crippen LogP contribution < -0.4 is 5.32 Å². The highest BCUT2D eigenvalue weighted by Gasteiger charge is 2.57. The van der Waals surface area contributed by atoms with Crippen molar-refractivity contribution in [2.45, 2.75) is 36.1 Å². The van der Waals surface area contributed by atoms with Crippen LogP contribution in [-0.4, -0.2) is 38.1 Å². The molecule has 6 nitrogen and oxygen atoms in total. The maximum atomic E-state index is 14.0. The number of ether oxygens (including phenoxy) is 1. The van der Waals surface area contributed by atoms with Crippen LogP contribution in [0, 0.1) is 5.92 Å². The van der Waals surface area contributed by atoms with E-state index in [0.29, 0.717) is 17.6 Å². The first kappa shape index (κ1) is 21.0. The number of esters is 1. The van der Waals surface area contributed by atoms with E-state index in [0.717, 1.165) is 23.9 Å². The monoisotopic (exact) mass is 450 g/mol. The van der Waals surface area contributed by atoms with Gasteiger partial charge in [-0.2, -0.15) is 0 Å². The van der Waals surface area contributed by atoms with Gasteiger partial charge >= 0.3 is 5.97 Å². The first-order valence-corrected chi connectivity index (χ1v) is 12.3. The molecular formula is C25H26N2O4S. The molecular weight excluding hydrogens is 424 g/mol. The summed E-state index contributed by atoms with van der Waals surface area (Å²) in [7, 11) is -2.59. The molecule has 1 aromatic heterocycles. The molecule has 1 fully saturated rings. The van der Waals surface area contributed by atoms with Gasteiger partial charge in [-0.3, -0.25) is 4.79 Å². The highest BCUT2D eigenvalue weighted by molar-refractivity contribution is 7.90. The fraction of sp³-hybridized carbons (Fsp3) is 0.320. The molecule has 2 aromatic carbocycles. The summed E-state index contributed by atoms with van der Waals surface area (Å²) in [5, 5.41) is 4.28. The number of nitrogens with zero attached hydrogens (tertiary/aromatic N) is 1. The molecule has 0 amide bonds. The topological polar surface area (TPSA) is 77.4 Å². The highest BCUT2D eigenvalue weighted by atomic mass is 32.2. The zero-order chi connectivity index (χ0) is 22.5. The van der Waals surface area contributed by atoms with Crippen LogP contribution in [0.3, 0.4) is 0 Å². The summed E-state index contributed by atoms with van der Waals surface area (Å²) in [5.74, 6) is -0.286. The van der Waals surface area contributed by atoms with Crippen LogP contribution in [0.25, 0.3) is 10.9 Å². The quantitative estimate of drug-likeness (QED) is 0.475. The number of para-hydroxylation sites is 1. The van der Waals surface area contributed by atoms with Crippen molar-refractivity contribution >= 4 is 26.9 Å². The molecule has 166 valence electrons. The number of carbonyl (C=O) groups excluding carboxylic acids is 1. The Labute approximate surface area is 187 Å². The molecule has 2 bridgehead atoms. The first-order chi connectivity index (χ1) is 15.4. The van der Waals surface area contributed by atoms with Gasteiger partial charge in [0.1, 0.15) is 5.41 Å². The summed E-state index contributed by atoms with van der Waals surface area (Å²) in [6, 6.07) is 17.2. The molecule has 1 saturated heterocycles. The fourth-order valence-electron chi connectivity index (χ4n) is 5.47. The van der Waals surface area contributed by atoms with E-state index in [2.05, 4.69) is 18.3 Å². The van der Waals surface area contributed by atoms with E-state index in [4.69, 9.17) is 4.74 Å². The number of methoxy groups -OCH3 is 1. The molecule has 3 heterocycles. The van der Waals surface area contributed by atoms with Crippen molar-refractivity contribution in [1.82, 2.24) is 9.29 Å². The maximum Gasteiger partial charge on any atom is 0.319 e. The van der Waals surface area contributed by atoms with E-state index < -0.39 is 21.4 Å². The zero-order valence-corrected chi connectivity index (χ0v) is 18.9. The Hall–Kier alpha value is -2.90. The Morgan fingerprint density at radius 1 is 1.16 bits per heavy atom. The van der Waals surface area contributed by atoms with Crippen LogP contribution in [0.15, 0.2) is 77.2 Å². The lowest BCUT2D eigenvalue weighted by molar-refractivity contribution is -0.150. The van der Waals surface area contributed by atoms with Gasteiger partial charge in [-0.25, -0.2) is 12.4 Å². The third-order valence-electron chi connectivity index (χ3n) is 6.84. The van der Waals surface area contributed by atoms with Crippen molar-refractivity contribution in [1.29, 1.82) is 0 Å². The van der Waals surface area contributed by atoms with E-state index in [-0.39, 0.29) is 16.9 Å². The lowest BCUT2D eigenvalue weighted by atomic mass is 9.61. The average Bonchev–Trinajstić information content (AvgIpc) is 3.25. The van der Waals surface area contributed by atoms with Crippen LogP contribution in [0.2, 0.25) is 0 Å². The second-order valence-corrected chi connectivity index (χ2v) is 10.3. The molecule has 3 aromatic rings. The van der Waals surface area contributed by atoms with Crippen LogP contribution in [0.4, 0.5) is 0 Å². The van der Waals surface area contributed by atoms with Gasteiger partial charge in [0.15, 0.2) is 0 Å². The second-order valence-electron chi connectivity index (χ2n) is 8.53. The molecule has 32 heavy (non-hydrogen) atoms. The number of rotatable bonds is 5. The SMILES string of the molecule is CCC1=C[C@@H]2CN[C@H]1[C@@](C(=O)OC)(c1cc3ccccc3n1S(=O)(=O)c1ccccc1)C2. The minimum atomic E-state index is -3.96. The standard InChI is InChI=1S/C25H26N2O4S/c1-3-18-13-17-15-25(24(28)31-2,23(18)26-16-17)22-14-19-9-7-8-12-21(19)27(22)32(29,30)20-10-5-4-6-11-20/h4-14,17,23,26H,3,15-16H2,1-2H3/t17-,23+,25-/m0/s1. The lowest BCUT2D eigenvalue weighted by Gasteiger charge is -2.49. The molecule has 0 spiro atoms. The summed E-state index contributed by atoms with van der Waals surface area (Å²) >= 11 is 0. The molecule has 2 aliphatic heterocycles. The van der Waals surface area contributed by atoms with Gasteiger partial charge < -0.3 is 10.1 Å². The molecule has 0 saturated carbocycles. The summed E-state index contributed by atoms with van der Waals surface area (Å²) in [4.78, 5) is 13.7. The van der Waals surface area contributed by atoms with Crippen molar-refractivity contribution in [2.75, 3.05) is 13.7 Å². The van der Waals surface area contributed by atoms with Gasteiger partial charge in [0.05, 0.1) is 23.2 Å². The fourth-order valence-corrected chi connectivity index (χ4v) is 7.08. The van der Waals surface area contributed by atoms with Gasteiger partial charge in [-0.1, -0.05) is 55.0 Å². The largest absolute Gasteiger partial charge is 0.468 e. The summed E-state index contributed by atoms with van der Waals surface area (Å²) < 4.78 is 34.6. The molecule has 3 aliphatic rings. The van der Waals surface area contributed by atoms with Crippen molar-refractivity contribution in [3.63, 3.8) is 0 Å². The van der Waals surface area contributed by atoms with Crippen molar-refractivity contribution in [2.24, 2.45) is 5.92 Å². The molecule has 0 unspecified atom stereocenters. The van der Waals surface area contributed by atoms with Crippen molar-refractivity contribution < 1.29 is 17.9 Å². The third kappa shape index (κ3) is 2.88. The molecule has 6 rings (SSSR count). The van der Waals surface area contributed by atoms with Gasteiger partial charge in [-0.05, 0) is 43.0 Å². The van der Waals surface area contributed by atoms with Gasteiger partial charge in [-0.15, -0.1) is 0 Å². The second kappa shape index (κ2) is 7.60. The molecule has 1 aliphatic carbocycles. The summed E-state index contributed by atoms with van der Waals surface area (Å²) in [6.07, 6.45) is 3.51. The molecule has 7 heteroatoms. The van der Waals surface area contributed by atoms with Gasteiger partial charge in [0.25, 0.3) is 10.0 Å². The van der Waals surface area contributed by atoms with Crippen LogP contribution >= 0.6 is 0 Å². The molecule has 1 N–H and O–H groups in total. The number of nitrogens with one attached hydrogen (secondary N) is 1. The lowest BCUT2D eigenvalue weighted by Crippen LogP contribution is -2.63. The van der Waals surface area contributed by atoms with Crippen LogP contribution in [-0.2, 0) is 25.0 Å². The smallest absolute Gasteiger partial charge is 0.319 e. The summed E-state index contributed by atoms with van der Waals surface area (Å²) in [5.41, 5.74) is 0.985.